The van der Waals surface area contributed by atoms with E-state index in [4.69, 9.17) is 0 Å². The van der Waals surface area contributed by atoms with Gasteiger partial charge in [0.1, 0.15) is 0 Å². The summed E-state index contributed by atoms with van der Waals surface area (Å²) in [6.07, 6.45) is 5.58. The molecule has 0 saturated carbocycles. The van der Waals surface area contributed by atoms with Crippen LogP contribution in [-0.4, -0.2) is 35.7 Å². The number of amides is 1. The fourth-order valence-corrected chi connectivity index (χ4v) is 7.77. The van der Waals surface area contributed by atoms with Gasteiger partial charge in [0.2, 0.25) is 5.91 Å². The van der Waals surface area contributed by atoms with Gasteiger partial charge < -0.3 is 0 Å². The summed E-state index contributed by atoms with van der Waals surface area (Å²) in [4.78, 5) is 13.7. The standard InChI is InChI=1S/C19H33N2O2PS2/c1-5-17(2)26-24(23,20-3)21(4)19(22)15-11-6-7-12-16-25-18-13-9-8-10-14-18/h8-10,13-14,17H,5-7,11-12,15-16H2,1-4H3,(H,20,23). The molecule has 148 valence electrons. The molecule has 4 nitrogen and oxygen atoms in total. The van der Waals surface area contributed by atoms with Gasteiger partial charge in [0.15, 0.2) is 0 Å². The highest BCUT2D eigenvalue weighted by Gasteiger charge is 2.31. The van der Waals surface area contributed by atoms with Crippen molar-refractivity contribution in [2.24, 2.45) is 0 Å². The number of carbonyl (C=O) groups is 1. The van der Waals surface area contributed by atoms with Crippen LogP contribution in [0.1, 0.15) is 52.4 Å². The van der Waals surface area contributed by atoms with Gasteiger partial charge in [0.25, 0.3) is 6.65 Å². The molecule has 0 heterocycles. The third-order valence-corrected chi connectivity index (χ3v) is 11.1. The van der Waals surface area contributed by atoms with Crippen molar-refractivity contribution in [3.8, 4) is 0 Å². The molecule has 0 aromatic heterocycles. The molecule has 0 spiro atoms. The Morgan fingerprint density at radius 1 is 1.19 bits per heavy atom. The molecule has 1 amide bonds. The highest BCUT2D eigenvalue weighted by atomic mass is 32.7. The smallest absolute Gasteiger partial charge is 0.276 e. The Labute approximate surface area is 167 Å². The number of hydrogen-bond acceptors (Lipinski definition) is 4. The Hall–Kier alpha value is -0.420. The zero-order chi connectivity index (χ0) is 19.4. The fourth-order valence-electron chi connectivity index (χ4n) is 2.34. The molecule has 1 rings (SSSR count). The van der Waals surface area contributed by atoms with Crippen molar-refractivity contribution in [3.05, 3.63) is 30.3 Å². The highest BCUT2D eigenvalue weighted by Crippen LogP contribution is 2.59. The van der Waals surface area contributed by atoms with Crippen molar-refractivity contribution < 1.29 is 9.36 Å². The van der Waals surface area contributed by atoms with Gasteiger partial charge >= 0.3 is 0 Å². The van der Waals surface area contributed by atoms with Crippen LogP contribution in [0.25, 0.3) is 0 Å². The Morgan fingerprint density at radius 3 is 2.46 bits per heavy atom. The van der Waals surface area contributed by atoms with Gasteiger partial charge in [-0.1, -0.05) is 56.3 Å². The summed E-state index contributed by atoms with van der Waals surface area (Å²) in [5.74, 6) is 1.08. The summed E-state index contributed by atoms with van der Waals surface area (Å²) in [5.41, 5.74) is 0. The maximum absolute atomic E-state index is 13.0. The molecule has 2 atom stereocenters. The minimum Gasteiger partial charge on any atom is -0.276 e. The van der Waals surface area contributed by atoms with Crippen molar-refractivity contribution in [2.45, 2.75) is 62.5 Å². The van der Waals surface area contributed by atoms with E-state index >= 15 is 0 Å². The number of hydrogen-bond donors (Lipinski definition) is 1. The van der Waals surface area contributed by atoms with E-state index in [-0.39, 0.29) is 11.2 Å². The highest BCUT2D eigenvalue weighted by molar-refractivity contribution is 8.57. The zero-order valence-corrected chi connectivity index (χ0v) is 19.0. The van der Waals surface area contributed by atoms with E-state index in [1.165, 1.54) is 20.9 Å². The van der Waals surface area contributed by atoms with Crippen LogP contribution in [0, 0.1) is 0 Å². The van der Waals surface area contributed by atoms with Crippen LogP contribution >= 0.6 is 29.8 Å². The maximum atomic E-state index is 13.0. The van der Waals surface area contributed by atoms with Crippen LogP contribution in [-0.2, 0) is 9.36 Å². The lowest BCUT2D eigenvalue weighted by Gasteiger charge is -2.28. The molecule has 1 N–H and O–H groups in total. The molecule has 26 heavy (non-hydrogen) atoms. The van der Waals surface area contributed by atoms with Gasteiger partial charge in [0.05, 0.1) is 0 Å². The minimum absolute atomic E-state index is 0.0304. The van der Waals surface area contributed by atoms with E-state index in [1.54, 1.807) is 14.1 Å². The van der Waals surface area contributed by atoms with Gasteiger partial charge in [0, 0.05) is 23.6 Å². The summed E-state index contributed by atoms with van der Waals surface area (Å²) < 4.78 is 14.4. The molecule has 2 unspecified atom stereocenters. The van der Waals surface area contributed by atoms with E-state index in [0.717, 1.165) is 37.9 Å². The zero-order valence-electron chi connectivity index (χ0n) is 16.4. The predicted octanol–water partition coefficient (Wildman–Crippen LogP) is 6.05. The molecule has 7 heteroatoms. The lowest BCUT2D eigenvalue weighted by Crippen LogP contribution is -2.28. The molecule has 0 aliphatic rings. The first-order valence-corrected chi connectivity index (χ1v) is 13.5. The molecule has 1 aromatic rings. The van der Waals surface area contributed by atoms with Crippen LogP contribution in [0.5, 0.6) is 0 Å². The first kappa shape index (κ1) is 23.6. The largest absolute Gasteiger partial charge is 0.294 e. The van der Waals surface area contributed by atoms with Gasteiger partial charge in [-0.3, -0.25) is 14.0 Å². The minimum atomic E-state index is -2.87. The second kappa shape index (κ2) is 12.9. The van der Waals surface area contributed by atoms with Crippen molar-refractivity contribution in [2.75, 3.05) is 19.8 Å². The van der Waals surface area contributed by atoms with Crippen molar-refractivity contribution >= 4 is 35.7 Å². The summed E-state index contributed by atoms with van der Waals surface area (Å²) in [7, 11) is 3.33. The fraction of sp³-hybridized carbons (Fsp3) is 0.632. The number of unbranched alkanes of at least 4 members (excludes halogenated alkanes) is 3. The van der Waals surface area contributed by atoms with Crippen molar-refractivity contribution in [1.29, 1.82) is 0 Å². The summed E-state index contributed by atoms with van der Waals surface area (Å²) >= 11 is 3.26. The molecular weight excluding hydrogens is 383 g/mol. The van der Waals surface area contributed by atoms with E-state index in [2.05, 4.69) is 36.3 Å². The molecular formula is C19H33N2O2PS2. The first-order chi connectivity index (χ1) is 12.4. The average Bonchev–Trinajstić information content (AvgIpc) is 2.66. The number of nitrogens with one attached hydrogen (secondary N) is 1. The number of carbonyl (C=O) groups excluding carboxylic acids is 1. The molecule has 0 fully saturated rings. The monoisotopic (exact) mass is 416 g/mol. The van der Waals surface area contributed by atoms with E-state index < -0.39 is 6.65 Å². The summed E-state index contributed by atoms with van der Waals surface area (Å²) in [6, 6.07) is 10.4. The predicted molar refractivity (Wildman–Crippen MR) is 117 cm³/mol. The third kappa shape index (κ3) is 8.51. The molecule has 0 radical (unpaired) electrons. The lowest BCUT2D eigenvalue weighted by atomic mass is 10.1. The molecule has 0 saturated heterocycles. The Kier molecular flexibility index (Phi) is 11.7. The summed E-state index contributed by atoms with van der Waals surface area (Å²) in [5, 5.41) is 3.13. The summed E-state index contributed by atoms with van der Waals surface area (Å²) in [6.45, 7) is 1.23. The molecule has 0 aliphatic heterocycles. The van der Waals surface area contributed by atoms with Crippen LogP contribution in [0.2, 0.25) is 0 Å². The number of rotatable bonds is 13. The van der Waals surface area contributed by atoms with Gasteiger partial charge in [-0.15, -0.1) is 11.8 Å². The Morgan fingerprint density at radius 2 is 1.85 bits per heavy atom. The second-order valence-electron chi connectivity index (χ2n) is 6.31. The molecule has 1 aromatic carbocycles. The molecule has 0 bridgehead atoms. The maximum Gasteiger partial charge on any atom is 0.294 e. The molecule has 0 aliphatic carbocycles. The first-order valence-electron chi connectivity index (χ1n) is 9.35. The van der Waals surface area contributed by atoms with Crippen molar-refractivity contribution in [1.82, 2.24) is 9.76 Å². The SMILES string of the molecule is CCC(C)SP(=O)(NC)N(C)C(=O)CCCCCCSc1ccccc1. The quantitative estimate of drug-likeness (QED) is 0.241. The van der Waals surface area contributed by atoms with Gasteiger partial charge in [-0.25, -0.2) is 5.09 Å². The van der Waals surface area contributed by atoms with Crippen LogP contribution in [0.15, 0.2) is 35.2 Å². The van der Waals surface area contributed by atoms with Gasteiger partial charge in [-0.2, -0.15) is 0 Å². The van der Waals surface area contributed by atoms with Crippen LogP contribution in [0.4, 0.5) is 0 Å². The van der Waals surface area contributed by atoms with E-state index in [9.17, 15) is 9.36 Å². The third-order valence-electron chi connectivity index (χ3n) is 4.23. The van der Waals surface area contributed by atoms with Gasteiger partial charge in [-0.05, 0) is 44.2 Å². The topological polar surface area (TPSA) is 49.4 Å². The van der Waals surface area contributed by atoms with E-state index in [1.807, 2.05) is 24.8 Å². The lowest BCUT2D eigenvalue weighted by molar-refractivity contribution is -0.125. The normalized spacial score (nSPS) is 14.6. The number of benzene rings is 1. The van der Waals surface area contributed by atoms with E-state index in [0.29, 0.717) is 6.42 Å². The Balaban J connectivity index is 2.23. The number of nitrogens with zero attached hydrogens (tertiary/aromatic N) is 1. The Bertz CT molecular complexity index is 572. The number of thioether (sulfide) groups is 1. The average molecular weight is 417 g/mol. The van der Waals surface area contributed by atoms with Crippen LogP contribution in [0.3, 0.4) is 0 Å². The van der Waals surface area contributed by atoms with Crippen LogP contribution < -0.4 is 5.09 Å². The van der Waals surface area contributed by atoms with Crippen molar-refractivity contribution in [3.63, 3.8) is 0 Å². The second-order valence-corrected chi connectivity index (χ2v) is 12.7.